The lowest BCUT2D eigenvalue weighted by atomic mass is 10.1. The Bertz CT molecular complexity index is 1000. The van der Waals surface area contributed by atoms with E-state index in [2.05, 4.69) is 15.5 Å². The summed E-state index contributed by atoms with van der Waals surface area (Å²) >= 11 is 1.27. The van der Waals surface area contributed by atoms with Gasteiger partial charge in [-0.15, -0.1) is 10.2 Å². The van der Waals surface area contributed by atoms with Gasteiger partial charge in [-0.25, -0.2) is 0 Å². The summed E-state index contributed by atoms with van der Waals surface area (Å²) < 4.78 is 1.86. The zero-order chi connectivity index (χ0) is 20.1. The Hall–Kier alpha value is -3.20. The molecular formula is C19H19N5O3S. The van der Waals surface area contributed by atoms with Crippen molar-refractivity contribution in [3.63, 3.8) is 0 Å². The molecule has 28 heavy (non-hydrogen) atoms. The molecule has 1 heterocycles. The molecule has 0 bridgehead atoms. The van der Waals surface area contributed by atoms with E-state index in [0.29, 0.717) is 17.3 Å². The van der Waals surface area contributed by atoms with Gasteiger partial charge in [0.1, 0.15) is 5.82 Å². The second-order valence-corrected chi connectivity index (χ2v) is 7.16. The molecule has 0 saturated carbocycles. The number of nitro benzene ring substituents is 1. The molecule has 0 radical (unpaired) electrons. The number of aryl methyl sites for hydroxylation is 1. The average molecular weight is 397 g/mol. The van der Waals surface area contributed by atoms with Gasteiger partial charge >= 0.3 is 0 Å². The topological polar surface area (TPSA) is 103 Å². The fourth-order valence-corrected chi connectivity index (χ4v) is 3.31. The van der Waals surface area contributed by atoms with Crippen molar-refractivity contribution in [2.45, 2.75) is 18.5 Å². The van der Waals surface area contributed by atoms with Crippen LogP contribution in [0.15, 0.2) is 53.7 Å². The number of benzene rings is 2. The first kappa shape index (κ1) is 19.6. The Kier molecular flexibility index (Phi) is 6.05. The molecule has 144 valence electrons. The smallest absolute Gasteiger partial charge is 0.271 e. The summed E-state index contributed by atoms with van der Waals surface area (Å²) in [5, 5.41) is 22.6. The molecule has 0 saturated heterocycles. The minimum absolute atomic E-state index is 0.0626. The van der Waals surface area contributed by atoms with E-state index in [1.54, 1.807) is 13.0 Å². The highest BCUT2D eigenvalue weighted by atomic mass is 32.2. The molecule has 9 heteroatoms. The standard InChI is InChI=1S/C19H19N5O3S/c1-13-8-9-15(24(26)27)11-16(13)20-18(25)12-28-19-22-21-17(23(19)2)10-14-6-4-3-5-7-14/h3-9,11H,10,12H2,1-2H3,(H,20,25). The number of nitrogens with zero attached hydrogens (tertiary/aromatic N) is 4. The molecule has 0 atom stereocenters. The SMILES string of the molecule is Cc1ccc([N+](=O)[O-])cc1NC(=O)CSc1nnc(Cc2ccccc2)n1C. The lowest BCUT2D eigenvalue weighted by molar-refractivity contribution is -0.384. The van der Waals surface area contributed by atoms with Crippen LogP contribution in [0.2, 0.25) is 0 Å². The number of aromatic nitrogens is 3. The number of hydrogen-bond acceptors (Lipinski definition) is 6. The van der Waals surface area contributed by atoms with Gasteiger partial charge in [0.15, 0.2) is 5.16 Å². The van der Waals surface area contributed by atoms with E-state index in [1.807, 2.05) is 41.9 Å². The van der Waals surface area contributed by atoms with Gasteiger partial charge in [0.05, 0.1) is 16.4 Å². The van der Waals surface area contributed by atoms with Crippen LogP contribution >= 0.6 is 11.8 Å². The van der Waals surface area contributed by atoms with Crippen molar-refractivity contribution in [1.29, 1.82) is 0 Å². The lowest BCUT2D eigenvalue weighted by Crippen LogP contribution is -2.15. The van der Waals surface area contributed by atoms with Crippen LogP contribution in [0.5, 0.6) is 0 Å². The van der Waals surface area contributed by atoms with Crippen LogP contribution in [0.25, 0.3) is 0 Å². The highest BCUT2D eigenvalue weighted by Crippen LogP contribution is 2.23. The van der Waals surface area contributed by atoms with Crippen molar-refractivity contribution in [3.05, 3.63) is 75.6 Å². The Morgan fingerprint density at radius 1 is 1.21 bits per heavy atom. The summed E-state index contributed by atoms with van der Waals surface area (Å²) in [6.45, 7) is 1.78. The Morgan fingerprint density at radius 3 is 2.68 bits per heavy atom. The first-order chi connectivity index (χ1) is 13.4. The zero-order valence-electron chi connectivity index (χ0n) is 15.5. The van der Waals surface area contributed by atoms with Gasteiger partial charge in [0.25, 0.3) is 5.69 Å². The van der Waals surface area contributed by atoms with Crippen LogP contribution in [-0.2, 0) is 18.3 Å². The second kappa shape index (κ2) is 8.66. The molecule has 0 aliphatic rings. The molecule has 0 unspecified atom stereocenters. The molecule has 2 aromatic carbocycles. The predicted molar refractivity (Wildman–Crippen MR) is 107 cm³/mol. The van der Waals surface area contributed by atoms with Crippen molar-refractivity contribution < 1.29 is 9.72 Å². The van der Waals surface area contributed by atoms with E-state index in [-0.39, 0.29) is 17.3 Å². The number of nitro groups is 1. The van der Waals surface area contributed by atoms with Gasteiger partial charge in [-0.2, -0.15) is 0 Å². The highest BCUT2D eigenvalue weighted by molar-refractivity contribution is 7.99. The van der Waals surface area contributed by atoms with E-state index in [4.69, 9.17) is 0 Å². The first-order valence-electron chi connectivity index (χ1n) is 8.54. The molecule has 8 nitrogen and oxygen atoms in total. The van der Waals surface area contributed by atoms with Gasteiger partial charge in [-0.1, -0.05) is 48.2 Å². The first-order valence-corrected chi connectivity index (χ1v) is 9.52. The van der Waals surface area contributed by atoms with Crippen LogP contribution in [-0.4, -0.2) is 31.3 Å². The fourth-order valence-electron chi connectivity index (χ4n) is 2.58. The van der Waals surface area contributed by atoms with E-state index in [0.717, 1.165) is 17.0 Å². The molecule has 0 aliphatic heterocycles. The number of carbonyl (C=O) groups excluding carboxylic acids is 1. The number of nitrogens with one attached hydrogen (secondary N) is 1. The maximum atomic E-state index is 12.3. The molecule has 3 rings (SSSR count). The van der Waals surface area contributed by atoms with Crippen molar-refractivity contribution in [3.8, 4) is 0 Å². The van der Waals surface area contributed by atoms with E-state index in [1.165, 1.54) is 23.9 Å². The van der Waals surface area contributed by atoms with Crippen molar-refractivity contribution >= 4 is 29.0 Å². The molecule has 1 amide bonds. The third kappa shape index (κ3) is 4.74. The van der Waals surface area contributed by atoms with Crippen LogP contribution in [0.4, 0.5) is 11.4 Å². The average Bonchev–Trinajstić information content (AvgIpc) is 3.02. The normalized spacial score (nSPS) is 10.6. The number of non-ortho nitro benzene ring substituents is 1. The molecular weight excluding hydrogens is 378 g/mol. The van der Waals surface area contributed by atoms with E-state index < -0.39 is 4.92 Å². The number of thioether (sulfide) groups is 1. The summed E-state index contributed by atoms with van der Waals surface area (Å²) in [5.41, 5.74) is 2.26. The van der Waals surface area contributed by atoms with Crippen LogP contribution in [0.3, 0.4) is 0 Å². The predicted octanol–water partition coefficient (Wildman–Crippen LogP) is 3.35. The number of carbonyl (C=O) groups is 1. The van der Waals surface area contributed by atoms with Crippen molar-refractivity contribution in [1.82, 2.24) is 14.8 Å². The third-order valence-electron chi connectivity index (χ3n) is 4.17. The summed E-state index contributed by atoms with van der Waals surface area (Å²) in [4.78, 5) is 22.7. The van der Waals surface area contributed by atoms with Gasteiger partial charge in [-0.3, -0.25) is 14.9 Å². The molecule has 0 fully saturated rings. The minimum Gasteiger partial charge on any atom is -0.325 e. The van der Waals surface area contributed by atoms with Gasteiger partial charge in [0, 0.05) is 25.6 Å². The molecule has 0 aliphatic carbocycles. The van der Waals surface area contributed by atoms with Gasteiger partial charge in [-0.05, 0) is 18.1 Å². The number of amides is 1. The fraction of sp³-hybridized carbons (Fsp3) is 0.211. The quantitative estimate of drug-likeness (QED) is 0.373. The summed E-state index contributed by atoms with van der Waals surface area (Å²) in [6, 6.07) is 14.3. The summed E-state index contributed by atoms with van der Waals surface area (Å²) in [7, 11) is 1.86. The lowest BCUT2D eigenvalue weighted by Gasteiger charge is -2.08. The largest absolute Gasteiger partial charge is 0.325 e. The van der Waals surface area contributed by atoms with E-state index >= 15 is 0 Å². The molecule has 1 aromatic heterocycles. The Morgan fingerprint density at radius 2 is 1.96 bits per heavy atom. The molecule has 1 N–H and O–H groups in total. The van der Waals surface area contributed by atoms with Crippen LogP contribution in [0, 0.1) is 17.0 Å². The zero-order valence-corrected chi connectivity index (χ0v) is 16.3. The highest BCUT2D eigenvalue weighted by Gasteiger charge is 2.14. The van der Waals surface area contributed by atoms with Crippen LogP contribution < -0.4 is 5.32 Å². The number of hydrogen-bond donors (Lipinski definition) is 1. The number of rotatable bonds is 7. The van der Waals surface area contributed by atoms with Crippen molar-refractivity contribution in [2.75, 3.05) is 11.1 Å². The van der Waals surface area contributed by atoms with Crippen LogP contribution in [0.1, 0.15) is 17.0 Å². The molecule has 0 spiro atoms. The third-order valence-corrected chi connectivity index (χ3v) is 5.19. The maximum Gasteiger partial charge on any atom is 0.271 e. The molecule has 3 aromatic rings. The van der Waals surface area contributed by atoms with E-state index in [9.17, 15) is 14.9 Å². The monoisotopic (exact) mass is 397 g/mol. The summed E-state index contributed by atoms with van der Waals surface area (Å²) in [6.07, 6.45) is 0.657. The van der Waals surface area contributed by atoms with Gasteiger partial charge < -0.3 is 9.88 Å². The number of anilines is 1. The second-order valence-electron chi connectivity index (χ2n) is 6.21. The van der Waals surface area contributed by atoms with Gasteiger partial charge in [0.2, 0.25) is 5.91 Å². The van der Waals surface area contributed by atoms with Crippen molar-refractivity contribution in [2.24, 2.45) is 7.05 Å². The minimum atomic E-state index is -0.488. The Balaban J connectivity index is 1.61. The Labute approximate surface area is 166 Å². The maximum absolute atomic E-state index is 12.3. The summed E-state index contributed by atoms with van der Waals surface area (Å²) in [5.74, 6) is 0.671.